The van der Waals surface area contributed by atoms with Crippen LogP contribution in [0.3, 0.4) is 0 Å². The lowest BCUT2D eigenvalue weighted by atomic mass is 10.1. The fourth-order valence-corrected chi connectivity index (χ4v) is 2.90. The maximum atomic E-state index is 12.1. The molecule has 0 saturated heterocycles. The molecule has 0 radical (unpaired) electrons. The summed E-state index contributed by atoms with van der Waals surface area (Å²) in [4.78, 5) is 24.1. The van der Waals surface area contributed by atoms with Gasteiger partial charge in [-0.15, -0.1) is 0 Å². The zero-order chi connectivity index (χ0) is 17.8. The van der Waals surface area contributed by atoms with Crippen LogP contribution in [0.4, 0.5) is 5.69 Å². The molecule has 0 fully saturated rings. The first kappa shape index (κ1) is 17.3. The van der Waals surface area contributed by atoms with Crippen molar-refractivity contribution >= 4 is 51.5 Å². The maximum Gasteiger partial charge on any atom is 0.253 e. The van der Waals surface area contributed by atoms with Crippen molar-refractivity contribution in [1.82, 2.24) is 5.32 Å². The molecule has 2 amide bonds. The van der Waals surface area contributed by atoms with Gasteiger partial charge in [0.1, 0.15) is 0 Å². The summed E-state index contributed by atoms with van der Waals surface area (Å²) in [7, 11) is 0. The minimum atomic E-state index is -0.435. The molecule has 0 bridgehead atoms. The Balaban J connectivity index is 1.61. The van der Waals surface area contributed by atoms with Crippen molar-refractivity contribution in [2.75, 3.05) is 11.9 Å². The van der Waals surface area contributed by atoms with Gasteiger partial charge in [0.25, 0.3) is 5.91 Å². The van der Waals surface area contributed by atoms with Gasteiger partial charge in [0, 0.05) is 10.7 Å². The van der Waals surface area contributed by atoms with E-state index in [9.17, 15) is 9.59 Å². The van der Waals surface area contributed by atoms with Gasteiger partial charge in [-0.25, -0.2) is 0 Å². The van der Waals surface area contributed by atoms with Crippen LogP contribution in [0.1, 0.15) is 10.4 Å². The van der Waals surface area contributed by atoms with Gasteiger partial charge >= 0.3 is 0 Å². The lowest BCUT2D eigenvalue weighted by Crippen LogP contribution is -2.33. The SMILES string of the molecule is O=C(CNC(=O)c1ccc(Cl)cc1Cl)Nc1ccc2ccccc2c1. The summed E-state index contributed by atoms with van der Waals surface area (Å²) < 4.78 is 0. The van der Waals surface area contributed by atoms with Crippen LogP contribution in [0, 0.1) is 0 Å². The van der Waals surface area contributed by atoms with Gasteiger partial charge in [0.15, 0.2) is 0 Å². The van der Waals surface area contributed by atoms with Crippen molar-refractivity contribution in [1.29, 1.82) is 0 Å². The smallest absolute Gasteiger partial charge is 0.253 e. The number of halogens is 2. The molecule has 0 aliphatic rings. The molecule has 3 rings (SSSR count). The van der Waals surface area contributed by atoms with E-state index in [1.807, 2.05) is 42.5 Å². The number of amides is 2. The monoisotopic (exact) mass is 372 g/mol. The third kappa shape index (κ3) is 4.29. The molecule has 0 atom stereocenters. The normalized spacial score (nSPS) is 10.5. The number of hydrogen-bond acceptors (Lipinski definition) is 2. The molecular weight excluding hydrogens is 359 g/mol. The first-order valence-electron chi connectivity index (χ1n) is 7.55. The van der Waals surface area contributed by atoms with Crippen molar-refractivity contribution in [3.8, 4) is 0 Å². The Morgan fingerprint density at radius 3 is 2.40 bits per heavy atom. The zero-order valence-electron chi connectivity index (χ0n) is 13.1. The topological polar surface area (TPSA) is 58.2 Å². The van der Waals surface area contributed by atoms with Crippen LogP contribution >= 0.6 is 23.2 Å². The van der Waals surface area contributed by atoms with Crippen LogP contribution in [0.25, 0.3) is 10.8 Å². The molecule has 25 heavy (non-hydrogen) atoms. The highest BCUT2D eigenvalue weighted by atomic mass is 35.5. The van der Waals surface area contributed by atoms with Crippen LogP contribution in [-0.2, 0) is 4.79 Å². The van der Waals surface area contributed by atoms with E-state index in [4.69, 9.17) is 23.2 Å². The second kappa shape index (κ2) is 7.55. The number of fused-ring (bicyclic) bond motifs is 1. The van der Waals surface area contributed by atoms with Crippen LogP contribution in [0.2, 0.25) is 10.0 Å². The van der Waals surface area contributed by atoms with Crippen LogP contribution in [0.15, 0.2) is 60.7 Å². The van der Waals surface area contributed by atoms with E-state index >= 15 is 0 Å². The summed E-state index contributed by atoms with van der Waals surface area (Å²) in [5.74, 6) is -0.760. The Labute approximate surface area is 154 Å². The van der Waals surface area contributed by atoms with E-state index in [-0.39, 0.29) is 23.0 Å². The summed E-state index contributed by atoms with van der Waals surface area (Å²) in [5.41, 5.74) is 0.937. The molecule has 3 aromatic rings. The van der Waals surface area contributed by atoms with Gasteiger partial charge in [-0.05, 0) is 41.1 Å². The maximum absolute atomic E-state index is 12.1. The Hall–Kier alpha value is -2.56. The lowest BCUT2D eigenvalue weighted by molar-refractivity contribution is -0.115. The standard InChI is InChI=1S/C19H14Cl2N2O2/c20-14-6-8-16(17(21)10-14)19(25)22-11-18(24)23-15-7-5-12-3-1-2-4-13(12)9-15/h1-10H,11H2,(H,22,25)(H,23,24). The first-order chi connectivity index (χ1) is 12.0. The molecule has 3 aromatic carbocycles. The largest absolute Gasteiger partial charge is 0.343 e. The Kier molecular flexibility index (Phi) is 5.22. The van der Waals surface area contributed by atoms with Crippen molar-refractivity contribution < 1.29 is 9.59 Å². The quantitative estimate of drug-likeness (QED) is 0.707. The summed E-state index contributed by atoms with van der Waals surface area (Å²) in [5, 5.41) is 8.09. The summed E-state index contributed by atoms with van der Waals surface area (Å²) in [6, 6.07) is 18.0. The first-order valence-corrected chi connectivity index (χ1v) is 8.30. The summed E-state index contributed by atoms with van der Waals surface area (Å²) in [6.07, 6.45) is 0. The Bertz CT molecular complexity index is 957. The van der Waals surface area contributed by atoms with Crippen LogP contribution in [-0.4, -0.2) is 18.4 Å². The molecule has 4 nitrogen and oxygen atoms in total. The summed E-state index contributed by atoms with van der Waals surface area (Å²) in [6.45, 7) is -0.162. The minimum Gasteiger partial charge on any atom is -0.343 e. The van der Waals surface area contributed by atoms with E-state index in [1.165, 1.54) is 12.1 Å². The fraction of sp³-hybridized carbons (Fsp3) is 0.0526. The van der Waals surface area contributed by atoms with Crippen molar-refractivity contribution in [3.05, 3.63) is 76.3 Å². The molecule has 6 heteroatoms. The molecule has 0 unspecified atom stereocenters. The Morgan fingerprint density at radius 2 is 1.64 bits per heavy atom. The number of rotatable bonds is 4. The zero-order valence-corrected chi connectivity index (χ0v) is 14.6. The number of carbonyl (C=O) groups excluding carboxylic acids is 2. The van der Waals surface area contributed by atoms with E-state index in [1.54, 1.807) is 6.07 Å². The van der Waals surface area contributed by atoms with Gasteiger partial charge in [0.05, 0.1) is 17.1 Å². The van der Waals surface area contributed by atoms with Gasteiger partial charge < -0.3 is 10.6 Å². The van der Waals surface area contributed by atoms with Gasteiger partial charge in [0.2, 0.25) is 5.91 Å². The van der Waals surface area contributed by atoms with Gasteiger partial charge in [-0.1, -0.05) is 53.5 Å². The van der Waals surface area contributed by atoms with Crippen molar-refractivity contribution in [2.45, 2.75) is 0 Å². The average molecular weight is 373 g/mol. The highest BCUT2D eigenvalue weighted by molar-refractivity contribution is 6.36. The fourth-order valence-electron chi connectivity index (χ4n) is 2.40. The third-order valence-electron chi connectivity index (χ3n) is 3.62. The van der Waals surface area contributed by atoms with Crippen LogP contribution in [0.5, 0.6) is 0 Å². The van der Waals surface area contributed by atoms with Gasteiger partial charge in [-0.2, -0.15) is 0 Å². The van der Waals surface area contributed by atoms with Crippen molar-refractivity contribution in [3.63, 3.8) is 0 Å². The van der Waals surface area contributed by atoms with E-state index in [2.05, 4.69) is 10.6 Å². The highest BCUT2D eigenvalue weighted by Gasteiger charge is 2.12. The van der Waals surface area contributed by atoms with Crippen LogP contribution < -0.4 is 10.6 Å². The predicted octanol–water partition coefficient (Wildman–Crippen LogP) is 4.52. The molecule has 0 saturated carbocycles. The molecule has 0 heterocycles. The molecule has 0 aliphatic heterocycles. The second-order valence-corrected chi connectivity index (χ2v) is 6.26. The van der Waals surface area contributed by atoms with E-state index in [0.29, 0.717) is 10.7 Å². The minimum absolute atomic E-state index is 0.162. The number of anilines is 1. The van der Waals surface area contributed by atoms with E-state index in [0.717, 1.165) is 10.8 Å². The molecular formula is C19H14Cl2N2O2. The third-order valence-corrected chi connectivity index (χ3v) is 4.17. The molecule has 126 valence electrons. The number of carbonyl (C=O) groups is 2. The van der Waals surface area contributed by atoms with Crippen molar-refractivity contribution in [2.24, 2.45) is 0 Å². The number of nitrogens with one attached hydrogen (secondary N) is 2. The highest BCUT2D eigenvalue weighted by Crippen LogP contribution is 2.21. The second-order valence-electron chi connectivity index (χ2n) is 5.42. The number of hydrogen-bond donors (Lipinski definition) is 2. The summed E-state index contributed by atoms with van der Waals surface area (Å²) >= 11 is 11.8. The number of benzene rings is 3. The molecule has 2 N–H and O–H groups in total. The van der Waals surface area contributed by atoms with Gasteiger partial charge in [-0.3, -0.25) is 9.59 Å². The van der Waals surface area contributed by atoms with E-state index < -0.39 is 5.91 Å². The Morgan fingerprint density at radius 1 is 0.880 bits per heavy atom. The molecule has 0 spiro atoms. The lowest BCUT2D eigenvalue weighted by Gasteiger charge is -2.09. The molecule has 0 aromatic heterocycles. The predicted molar refractivity (Wildman–Crippen MR) is 101 cm³/mol. The average Bonchev–Trinajstić information content (AvgIpc) is 2.59. The molecule has 0 aliphatic carbocycles.